The summed E-state index contributed by atoms with van der Waals surface area (Å²) in [6.45, 7) is 0.340. The van der Waals surface area contributed by atoms with Gasteiger partial charge < -0.3 is 4.90 Å². The monoisotopic (exact) mass is 395 g/mol. The normalized spacial score (nSPS) is 19.7. The van der Waals surface area contributed by atoms with Crippen molar-refractivity contribution in [2.45, 2.75) is 57.3 Å². The third kappa shape index (κ3) is 3.52. The number of benzene rings is 1. The molecule has 1 aromatic heterocycles. The third-order valence-corrected chi connectivity index (χ3v) is 5.64. The van der Waals surface area contributed by atoms with Crippen molar-refractivity contribution in [2.24, 2.45) is 0 Å². The number of amides is 1. The maximum absolute atomic E-state index is 13.3. The van der Waals surface area contributed by atoms with Crippen molar-refractivity contribution in [1.82, 2.24) is 14.7 Å². The van der Waals surface area contributed by atoms with Gasteiger partial charge in [0, 0.05) is 17.8 Å². The van der Waals surface area contributed by atoms with E-state index in [4.69, 9.17) is 0 Å². The van der Waals surface area contributed by atoms with Crippen LogP contribution < -0.4 is 0 Å². The summed E-state index contributed by atoms with van der Waals surface area (Å²) < 4.78 is 54.5. The first-order chi connectivity index (χ1) is 13.3. The smallest absolute Gasteiger partial charge is 0.334 e. The highest BCUT2D eigenvalue weighted by Gasteiger charge is 2.40. The molecule has 1 saturated heterocycles. The van der Waals surface area contributed by atoms with Gasteiger partial charge in [-0.2, -0.15) is 18.3 Å². The molecule has 28 heavy (non-hydrogen) atoms. The number of hydrogen-bond donors (Lipinski definition) is 0. The van der Waals surface area contributed by atoms with E-state index in [1.165, 1.54) is 16.8 Å². The second kappa shape index (κ2) is 7.22. The SMILES string of the molecule is O=C(Cn1nc(C(F)(F)F)c2c1CCCC2)N1CCC[C@H]1c1ccc(F)cc1. The predicted molar refractivity (Wildman–Crippen MR) is 94.0 cm³/mol. The van der Waals surface area contributed by atoms with Crippen LogP contribution in [-0.2, 0) is 30.4 Å². The van der Waals surface area contributed by atoms with Crippen LogP contribution in [0.5, 0.6) is 0 Å². The van der Waals surface area contributed by atoms with E-state index in [0.717, 1.165) is 24.8 Å². The fourth-order valence-corrected chi connectivity index (χ4v) is 4.34. The average Bonchev–Trinajstić information content (AvgIpc) is 3.28. The molecule has 2 aromatic rings. The van der Waals surface area contributed by atoms with Crippen LogP contribution in [-0.4, -0.2) is 27.1 Å². The Morgan fingerprint density at radius 1 is 1.11 bits per heavy atom. The molecule has 1 amide bonds. The number of rotatable bonds is 3. The van der Waals surface area contributed by atoms with Gasteiger partial charge in [-0.15, -0.1) is 0 Å². The van der Waals surface area contributed by atoms with E-state index in [0.29, 0.717) is 31.5 Å². The second-order valence-electron chi connectivity index (χ2n) is 7.43. The van der Waals surface area contributed by atoms with E-state index in [2.05, 4.69) is 5.10 Å². The van der Waals surface area contributed by atoms with Crippen molar-refractivity contribution in [2.75, 3.05) is 6.54 Å². The van der Waals surface area contributed by atoms with Crippen LogP contribution >= 0.6 is 0 Å². The summed E-state index contributed by atoms with van der Waals surface area (Å²) in [7, 11) is 0. The standard InChI is InChI=1S/C20H21F4N3O/c21-14-9-7-13(8-10-14)16-6-3-11-26(16)18(28)12-27-17-5-2-1-4-15(17)19(25-27)20(22,23)24/h7-10,16H,1-6,11-12H2/t16-/m0/s1. The molecule has 0 saturated carbocycles. The molecule has 0 radical (unpaired) electrons. The van der Waals surface area contributed by atoms with Gasteiger partial charge in [-0.3, -0.25) is 9.48 Å². The highest BCUT2D eigenvalue weighted by atomic mass is 19.4. The van der Waals surface area contributed by atoms with Crippen LogP contribution in [0.1, 0.15) is 54.2 Å². The number of nitrogens with zero attached hydrogens (tertiary/aromatic N) is 3. The summed E-state index contributed by atoms with van der Waals surface area (Å²) in [4.78, 5) is 14.6. The molecule has 0 unspecified atom stereocenters. The minimum atomic E-state index is -4.51. The first-order valence-electron chi connectivity index (χ1n) is 9.55. The maximum Gasteiger partial charge on any atom is 0.435 e. The number of halogens is 4. The molecule has 4 nitrogen and oxygen atoms in total. The molecular weight excluding hydrogens is 374 g/mol. The van der Waals surface area contributed by atoms with Gasteiger partial charge in [0.05, 0.1) is 6.04 Å². The fourth-order valence-electron chi connectivity index (χ4n) is 4.34. The molecular formula is C20H21F4N3O. The lowest BCUT2D eigenvalue weighted by Crippen LogP contribution is -2.34. The number of likely N-dealkylation sites (tertiary alicyclic amines) is 1. The highest BCUT2D eigenvalue weighted by molar-refractivity contribution is 5.77. The summed E-state index contributed by atoms with van der Waals surface area (Å²) in [6.07, 6.45) is -0.602. The van der Waals surface area contributed by atoms with Crippen molar-refractivity contribution in [3.8, 4) is 0 Å². The number of hydrogen-bond acceptors (Lipinski definition) is 2. The molecule has 1 aliphatic carbocycles. The number of carbonyl (C=O) groups is 1. The zero-order chi connectivity index (χ0) is 19.9. The predicted octanol–water partition coefficient (Wildman–Crippen LogP) is 4.28. The van der Waals surface area contributed by atoms with Gasteiger partial charge in [0.2, 0.25) is 5.91 Å². The highest BCUT2D eigenvalue weighted by Crippen LogP contribution is 2.36. The largest absolute Gasteiger partial charge is 0.435 e. The molecule has 150 valence electrons. The second-order valence-corrected chi connectivity index (χ2v) is 7.43. The van der Waals surface area contributed by atoms with Gasteiger partial charge >= 0.3 is 6.18 Å². The summed E-state index contributed by atoms with van der Waals surface area (Å²) >= 11 is 0. The van der Waals surface area contributed by atoms with Gasteiger partial charge in [0.25, 0.3) is 0 Å². The zero-order valence-electron chi connectivity index (χ0n) is 15.3. The van der Waals surface area contributed by atoms with Gasteiger partial charge in [-0.05, 0) is 56.2 Å². The quantitative estimate of drug-likeness (QED) is 0.728. The van der Waals surface area contributed by atoms with Gasteiger partial charge in [-0.1, -0.05) is 12.1 Å². The van der Waals surface area contributed by atoms with E-state index in [1.807, 2.05) is 0 Å². The molecule has 1 aromatic carbocycles. The van der Waals surface area contributed by atoms with E-state index < -0.39 is 11.9 Å². The van der Waals surface area contributed by atoms with Crippen LogP contribution in [0.3, 0.4) is 0 Å². The van der Waals surface area contributed by atoms with Crippen LogP contribution in [0.2, 0.25) is 0 Å². The fraction of sp³-hybridized carbons (Fsp3) is 0.500. The van der Waals surface area contributed by atoms with E-state index in [-0.39, 0.29) is 29.9 Å². The molecule has 1 fully saturated rings. The van der Waals surface area contributed by atoms with Crippen molar-refractivity contribution in [3.63, 3.8) is 0 Å². The molecule has 1 atom stereocenters. The summed E-state index contributed by atoms with van der Waals surface area (Å²) in [6, 6.07) is 5.85. The lowest BCUT2D eigenvalue weighted by Gasteiger charge is -2.25. The Kier molecular flexibility index (Phi) is 4.89. The molecule has 4 rings (SSSR count). The number of fused-ring (bicyclic) bond motifs is 1. The van der Waals surface area contributed by atoms with Gasteiger partial charge in [0.15, 0.2) is 5.69 Å². The Morgan fingerprint density at radius 2 is 1.82 bits per heavy atom. The zero-order valence-corrected chi connectivity index (χ0v) is 15.3. The van der Waals surface area contributed by atoms with E-state index >= 15 is 0 Å². The maximum atomic E-state index is 13.3. The van der Waals surface area contributed by atoms with Crippen molar-refractivity contribution >= 4 is 5.91 Å². The molecule has 2 aliphatic rings. The third-order valence-electron chi connectivity index (χ3n) is 5.64. The molecule has 1 aliphatic heterocycles. The first-order valence-corrected chi connectivity index (χ1v) is 9.55. The summed E-state index contributed by atoms with van der Waals surface area (Å²) in [5, 5.41) is 3.78. The topological polar surface area (TPSA) is 38.1 Å². The van der Waals surface area contributed by atoms with E-state index in [1.54, 1.807) is 17.0 Å². The van der Waals surface area contributed by atoms with E-state index in [9.17, 15) is 22.4 Å². The molecule has 0 N–H and O–H groups in total. The lowest BCUT2D eigenvalue weighted by atomic mass is 9.95. The minimum Gasteiger partial charge on any atom is -0.334 e. The Morgan fingerprint density at radius 3 is 2.54 bits per heavy atom. The number of alkyl halides is 3. The van der Waals surface area contributed by atoms with Crippen molar-refractivity contribution < 1.29 is 22.4 Å². The Bertz CT molecular complexity index is 873. The minimum absolute atomic E-state index is 0.179. The average molecular weight is 395 g/mol. The number of carbonyl (C=O) groups excluding carboxylic acids is 1. The lowest BCUT2D eigenvalue weighted by molar-refractivity contribution is -0.142. The Labute approximate surface area is 160 Å². The molecule has 0 bridgehead atoms. The van der Waals surface area contributed by atoms with Crippen LogP contribution in [0.25, 0.3) is 0 Å². The summed E-state index contributed by atoms with van der Waals surface area (Å²) in [5.74, 6) is -0.598. The van der Waals surface area contributed by atoms with Crippen LogP contribution in [0.15, 0.2) is 24.3 Å². The van der Waals surface area contributed by atoms with Gasteiger partial charge in [0.1, 0.15) is 12.4 Å². The van der Waals surface area contributed by atoms with Crippen molar-refractivity contribution in [1.29, 1.82) is 0 Å². The molecule has 2 heterocycles. The van der Waals surface area contributed by atoms with Gasteiger partial charge in [-0.25, -0.2) is 4.39 Å². The van der Waals surface area contributed by atoms with Crippen molar-refractivity contribution in [3.05, 3.63) is 52.6 Å². The Balaban J connectivity index is 1.58. The number of aromatic nitrogens is 2. The molecule has 8 heteroatoms. The summed E-state index contributed by atoms with van der Waals surface area (Å²) in [5.41, 5.74) is 0.754. The Hall–Kier alpha value is -2.38. The van der Waals surface area contributed by atoms with Crippen LogP contribution in [0.4, 0.5) is 17.6 Å². The van der Waals surface area contributed by atoms with Crippen LogP contribution in [0, 0.1) is 5.82 Å². The molecule has 0 spiro atoms. The first kappa shape index (κ1) is 19.0.